The number of hydrogen-bond acceptors (Lipinski definition) is 3. The molecule has 0 spiro atoms. The van der Waals surface area contributed by atoms with Crippen molar-refractivity contribution < 1.29 is 10.2 Å². The summed E-state index contributed by atoms with van der Waals surface area (Å²) < 4.78 is 0. The van der Waals surface area contributed by atoms with Crippen molar-refractivity contribution in [3.05, 3.63) is 65.7 Å². The highest BCUT2D eigenvalue weighted by molar-refractivity contribution is 5.28. The molecule has 0 saturated heterocycles. The Balaban J connectivity index is 1.93. The lowest BCUT2D eigenvalue weighted by atomic mass is 10.1. The first-order chi connectivity index (χ1) is 9.15. The molecule has 0 aliphatic heterocycles. The van der Waals surface area contributed by atoms with Gasteiger partial charge >= 0.3 is 0 Å². The maximum absolute atomic E-state index is 10.1. The first-order valence-electron chi connectivity index (χ1n) is 6.34. The Morgan fingerprint density at radius 2 is 1.79 bits per heavy atom. The molecule has 3 nitrogen and oxygen atoms in total. The van der Waals surface area contributed by atoms with Crippen molar-refractivity contribution in [1.29, 1.82) is 0 Å². The molecule has 0 amide bonds. The lowest BCUT2D eigenvalue weighted by molar-refractivity contribution is 0.123. The Kier molecular flexibility index (Phi) is 4.55. The van der Waals surface area contributed by atoms with E-state index in [4.69, 9.17) is 0 Å². The molecule has 0 aliphatic carbocycles. The molecule has 2 rings (SSSR count). The topological polar surface area (TPSA) is 43.7 Å². The van der Waals surface area contributed by atoms with Gasteiger partial charge in [-0.1, -0.05) is 42.5 Å². The van der Waals surface area contributed by atoms with Crippen LogP contribution < -0.4 is 0 Å². The van der Waals surface area contributed by atoms with Crippen molar-refractivity contribution in [2.75, 3.05) is 13.6 Å². The lowest BCUT2D eigenvalue weighted by Gasteiger charge is -2.21. The highest BCUT2D eigenvalue weighted by Gasteiger charge is 2.11. The zero-order chi connectivity index (χ0) is 13.7. The monoisotopic (exact) mass is 257 g/mol. The predicted octanol–water partition coefficient (Wildman–Crippen LogP) is 2.56. The van der Waals surface area contributed by atoms with Crippen molar-refractivity contribution in [3.63, 3.8) is 0 Å². The molecule has 2 N–H and O–H groups in total. The van der Waals surface area contributed by atoms with Crippen LogP contribution in [0.1, 0.15) is 17.2 Å². The number of nitrogens with zero attached hydrogens (tertiary/aromatic N) is 1. The smallest absolute Gasteiger partial charge is 0.115 e. The highest BCUT2D eigenvalue weighted by atomic mass is 16.3. The lowest BCUT2D eigenvalue weighted by Crippen LogP contribution is -2.24. The van der Waals surface area contributed by atoms with Gasteiger partial charge < -0.3 is 10.2 Å². The molecule has 0 heterocycles. The van der Waals surface area contributed by atoms with Crippen molar-refractivity contribution in [2.45, 2.75) is 12.6 Å². The van der Waals surface area contributed by atoms with Crippen molar-refractivity contribution in [2.24, 2.45) is 0 Å². The third-order valence-electron chi connectivity index (χ3n) is 3.03. The fraction of sp³-hybridized carbons (Fsp3) is 0.250. The number of phenols is 1. The van der Waals surface area contributed by atoms with Gasteiger partial charge in [0.2, 0.25) is 0 Å². The Bertz CT molecular complexity index is 513. The minimum absolute atomic E-state index is 0.183. The van der Waals surface area contributed by atoms with Crippen LogP contribution >= 0.6 is 0 Å². The van der Waals surface area contributed by atoms with Crippen LogP contribution in [0.15, 0.2) is 54.6 Å². The third-order valence-corrected chi connectivity index (χ3v) is 3.03. The third kappa shape index (κ3) is 4.09. The molecular formula is C16H19NO2. The van der Waals surface area contributed by atoms with E-state index in [1.165, 1.54) is 5.56 Å². The van der Waals surface area contributed by atoms with E-state index < -0.39 is 6.10 Å². The van der Waals surface area contributed by atoms with Crippen LogP contribution in [0, 0.1) is 0 Å². The average molecular weight is 257 g/mol. The first kappa shape index (κ1) is 13.6. The minimum Gasteiger partial charge on any atom is -0.508 e. The summed E-state index contributed by atoms with van der Waals surface area (Å²) in [6.45, 7) is 1.31. The van der Waals surface area contributed by atoms with Gasteiger partial charge in [0.15, 0.2) is 0 Å². The summed E-state index contributed by atoms with van der Waals surface area (Å²) in [5.74, 6) is 0.183. The predicted molar refractivity (Wildman–Crippen MR) is 75.8 cm³/mol. The van der Waals surface area contributed by atoms with E-state index in [0.717, 1.165) is 12.1 Å². The van der Waals surface area contributed by atoms with Crippen LogP contribution in [-0.4, -0.2) is 28.7 Å². The minimum atomic E-state index is -0.596. The Morgan fingerprint density at radius 1 is 1.05 bits per heavy atom. The number of rotatable bonds is 5. The largest absolute Gasteiger partial charge is 0.508 e. The Morgan fingerprint density at radius 3 is 2.47 bits per heavy atom. The quantitative estimate of drug-likeness (QED) is 0.865. The van der Waals surface area contributed by atoms with E-state index in [1.807, 2.05) is 31.3 Å². The second-order valence-electron chi connectivity index (χ2n) is 4.79. The van der Waals surface area contributed by atoms with Crippen LogP contribution in [0.5, 0.6) is 5.75 Å². The number of phenolic OH excluding ortho intramolecular Hbond substituents is 1. The molecule has 0 bridgehead atoms. The molecule has 0 unspecified atom stereocenters. The summed E-state index contributed by atoms with van der Waals surface area (Å²) in [5, 5.41) is 19.5. The summed E-state index contributed by atoms with van der Waals surface area (Å²) in [7, 11) is 1.97. The van der Waals surface area contributed by atoms with Crippen molar-refractivity contribution in [1.82, 2.24) is 4.90 Å². The van der Waals surface area contributed by atoms with Gasteiger partial charge in [0.1, 0.15) is 5.75 Å². The molecule has 0 aliphatic rings. The zero-order valence-electron chi connectivity index (χ0n) is 11.0. The average Bonchev–Trinajstić information content (AvgIpc) is 2.39. The Labute approximate surface area is 113 Å². The highest BCUT2D eigenvalue weighted by Crippen LogP contribution is 2.19. The van der Waals surface area contributed by atoms with Gasteiger partial charge in [-0.15, -0.1) is 0 Å². The van der Waals surface area contributed by atoms with E-state index in [1.54, 1.807) is 18.2 Å². The summed E-state index contributed by atoms with van der Waals surface area (Å²) >= 11 is 0. The molecule has 19 heavy (non-hydrogen) atoms. The number of hydrogen-bond donors (Lipinski definition) is 2. The molecule has 0 saturated carbocycles. The molecular weight excluding hydrogens is 238 g/mol. The molecule has 0 radical (unpaired) electrons. The summed E-state index contributed by atoms with van der Waals surface area (Å²) in [5.41, 5.74) is 1.95. The first-order valence-corrected chi connectivity index (χ1v) is 6.34. The van der Waals surface area contributed by atoms with Crippen LogP contribution in [0.2, 0.25) is 0 Å². The molecule has 3 heteroatoms. The standard InChI is InChI=1S/C16H19NO2/c1-17(11-13-6-3-2-4-7-13)12-16(19)14-8-5-9-15(18)10-14/h2-10,16,18-19H,11-12H2,1H3/t16-/m1/s1. The van der Waals surface area contributed by atoms with Crippen LogP contribution in [0.25, 0.3) is 0 Å². The second-order valence-corrected chi connectivity index (χ2v) is 4.79. The Hall–Kier alpha value is -1.84. The number of aromatic hydroxyl groups is 1. The SMILES string of the molecule is CN(Cc1ccccc1)C[C@@H](O)c1cccc(O)c1. The van der Waals surface area contributed by atoms with Crippen LogP contribution in [0.3, 0.4) is 0 Å². The van der Waals surface area contributed by atoms with E-state index >= 15 is 0 Å². The van der Waals surface area contributed by atoms with Gasteiger partial charge in [-0.2, -0.15) is 0 Å². The fourth-order valence-corrected chi connectivity index (χ4v) is 2.09. The number of likely N-dealkylation sites (N-methyl/N-ethyl adjacent to an activating group) is 1. The zero-order valence-corrected chi connectivity index (χ0v) is 11.0. The van der Waals surface area contributed by atoms with Gasteiger partial charge in [-0.05, 0) is 30.3 Å². The van der Waals surface area contributed by atoms with E-state index in [2.05, 4.69) is 17.0 Å². The summed E-state index contributed by atoms with van der Waals surface area (Å²) in [6.07, 6.45) is -0.596. The molecule has 0 fully saturated rings. The molecule has 2 aromatic rings. The van der Waals surface area contributed by atoms with Crippen LogP contribution in [-0.2, 0) is 6.54 Å². The number of benzene rings is 2. The van der Waals surface area contributed by atoms with Gasteiger partial charge in [0.25, 0.3) is 0 Å². The van der Waals surface area contributed by atoms with Crippen molar-refractivity contribution in [3.8, 4) is 5.75 Å². The maximum Gasteiger partial charge on any atom is 0.115 e. The molecule has 1 atom stereocenters. The van der Waals surface area contributed by atoms with E-state index in [0.29, 0.717) is 6.54 Å². The summed E-state index contributed by atoms with van der Waals surface area (Å²) in [6, 6.07) is 16.9. The molecule has 100 valence electrons. The van der Waals surface area contributed by atoms with Gasteiger partial charge in [-0.3, -0.25) is 4.90 Å². The van der Waals surface area contributed by atoms with Crippen molar-refractivity contribution >= 4 is 0 Å². The van der Waals surface area contributed by atoms with Gasteiger partial charge in [0, 0.05) is 13.1 Å². The normalized spacial score (nSPS) is 12.6. The number of aliphatic hydroxyl groups excluding tert-OH is 1. The van der Waals surface area contributed by atoms with Gasteiger partial charge in [-0.25, -0.2) is 0 Å². The summed E-state index contributed by atoms with van der Waals surface area (Å²) in [4.78, 5) is 2.06. The van der Waals surface area contributed by atoms with Gasteiger partial charge in [0.05, 0.1) is 6.10 Å². The fourth-order valence-electron chi connectivity index (χ4n) is 2.09. The maximum atomic E-state index is 10.1. The second kappa shape index (κ2) is 6.36. The number of aliphatic hydroxyl groups is 1. The molecule has 2 aromatic carbocycles. The molecule has 0 aromatic heterocycles. The van der Waals surface area contributed by atoms with E-state index in [9.17, 15) is 10.2 Å². The van der Waals surface area contributed by atoms with Crippen LogP contribution in [0.4, 0.5) is 0 Å². The van der Waals surface area contributed by atoms with E-state index in [-0.39, 0.29) is 5.75 Å².